The average molecular weight is 317 g/mol. The summed E-state index contributed by atoms with van der Waals surface area (Å²) in [5, 5.41) is 2.57. The first-order valence-electron chi connectivity index (χ1n) is 6.01. The van der Waals surface area contributed by atoms with Crippen LogP contribution in [0.3, 0.4) is 0 Å². The van der Waals surface area contributed by atoms with Crippen LogP contribution in [-0.2, 0) is 0 Å². The molecule has 0 fully saturated rings. The number of ether oxygens (including phenoxy) is 1. The first kappa shape index (κ1) is 14.0. The summed E-state index contributed by atoms with van der Waals surface area (Å²) < 4.78 is 18.4. The maximum Gasteiger partial charge on any atom is 0.268 e. The molecule has 0 aliphatic carbocycles. The molecule has 0 saturated carbocycles. The quantitative estimate of drug-likeness (QED) is 0.795. The van der Waals surface area contributed by atoms with E-state index in [1.54, 1.807) is 5.51 Å². The van der Waals surface area contributed by atoms with Crippen molar-refractivity contribution < 1.29 is 13.9 Å². The Labute approximate surface area is 127 Å². The van der Waals surface area contributed by atoms with Crippen molar-refractivity contribution in [2.75, 3.05) is 5.32 Å². The molecule has 0 aliphatic heterocycles. The minimum absolute atomic E-state index is 0.106. The van der Waals surface area contributed by atoms with E-state index in [9.17, 15) is 9.18 Å². The molecular formula is C13H8FN5O2S. The van der Waals surface area contributed by atoms with Crippen molar-refractivity contribution in [1.82, 2.24) is 19.9 Å². The molecule has 3 rings (SSSR count). The van der Waals surface area contributed by atoms with Crippen molar-refractivity contribution in [1.29, 1.82) is 0 Å². The van der Waals surface area contributed by atoms with Gasteiger partial charge in [0.15, 0.2) is 11.6 Å². The highest BCUT2D eigenvalue weighted by atomic mass is 32.1. The normalized spacial score (nSPS) is 10.2. The lowest BCUT2D eigenvalue weighted by Crippen LogP contribution is -2.11. The summed E-state index contributed by atoms with van der Waals surface area (Å²) in [4.78, 5) is 27.8. The third kappa shape index (κ3) is 3.38. The van der Waals surface area contributed by atoms with Crippen molar-refractivity contribution in [2.24, 2.45) is 0 Å². The molecule has 1 amide bonds. The zero-order valence-corrected chi connectivity index (χ0v) is 11.7. The number of aromatic nitrogens is 4. The second kappa shape index (κ2) is 6.22. The van der Waals surface area contributed by atoms with Crippen LogP contribution in [0.5, 0.6) is 11.6 Å². The number of pyridine rings is 1. The van der Waals surface area contributed by atoms with E-state index in [-0.39, 0.29) is 23.4 Å². The molecular weight excluding hydrogens is 309 g/mol. The molecule has 22 heavy (non-hydrogen) atoms. The van der Waals surface area contributed by atoms with E-state index in [1.807, 2.05) is 0 Å². The Morgan fingerprint density at radius 2 is 2.00 bits per heavy atom. The van der Waals surface area contributed by atoms with Gasteiger partial charge in [-0.25, -0.2) is 4.39 Å². The maximum atomic E-state index is 13.0. The third-order valence-electron chi connectivity index (χ3n) is 2.41. The van der Waals surface area contributed by atoms with Gasteiger partial charge in [0.05, 0.1) is 36.5 Å². The predicted molar refractivity (Wildman–Crippen MR) is 76.4 cm³/mol. The summed E-state index contributed by atoms with van der Waals surface area (Å²) in [5.74, 6) is -0.378. The van der Waals surface area contributed by atoms with Crippen molar-refractivity contribution in [3.05, 3.63) is 53.3 Å². The van der Waals surface area contributed by atoms with E-state index in [1.165, 1.54) is 36.1 Å². The minimum Gasteiger partial charge on any atom is -0.436 e. The van der Waals surface area contributed by atoms with Crippen LogP contribution in [0.4, 0.5) is 10.2 Å². The highest BCUT2D eigenvalue weighted by molar-refractivity contribution is 7.11. The predicted octanol–water partition coefficient (Wildman–Crippen LogP) is 2.51. The Hall–Kier alpha value is -2.94. The fourth-order valence-corrected chi connectivity index (χ4v) is 2.05. The van der Waals surface area contributed by atoms with Crippen LogP contribution in [-0.4, -0.2) is 25.8 Å². The first-order valence-corrected chi connectivity index (χ1v) is 6.89. The van der Waals surface area contributed by atoms with Crippen LogP contribution in [0.25, 0.3) is 0 Å². The average Bonchev–Trinajstić information content (AvgIpc) is 3.02. The highest BCUT2D eigenvalue weighted by Gasteiger charge is 2.10. The molecule has 9 heteroatoms. The molecule has 3 heterocycles. The van der Waals surface area contributed by atoms with Gasteiger partial charge < -0.3 is 10.1 Å². The molecule has 0 aliphatic rings. The minimum atomic E-state index is -0.528. The highest BCUT2D eigenvalue weighted by Crippen LogP contribution is 2.19. The van der Waals surface area contributed by atoms with Crippen molar-refractivity contribution >= 4 is 23.1 Å². The van der Waals surface area contributed by atoms with Gasteiger partial charge in [-0.05, 0) is 0 Å². The molecule has 7 nitrogen and oxygen atoms in total. The van der Waals surface area contributed by atoms with E-state index in [0.29, 0.717) is 4.88 Å². The van der Waals surface area contributed by atoms with Crippen LogP contribution in [0, 0.1) is 5.82 Å². The fourth-order valence-electron chi connectivity index (χ4n) is 1.53. The maximum absolute atomic E-state index is 13.0. The van der Waals surface area contributed by atoms with Crippen LogP contribution >= 0.6 is 11.3 Å². The number of thiazole rings is 1. The van der Waals surface area contributed by atoms with Crippen LogP contribution in [0.2, 0.25) is 0 Å². The summed E-state index contributed by atoms with van der Waals surface area (Å²) in [6.07, 6.45) is 6.56. The Bertz CT molecular complexity index is 797. The molecule has 110 valence electrons. The number of nitrogens with zero attached hydrogens (tertiary/aromatic N) is 4. The lowest BCUT2D eigenvalue weighted by molar-refractivity contribution is 0.103. The summed E-state index contributed by atoms with van der Waals surface area (Å²) >= 11 is 1.21. The summed E-state index contributed by atoms with van der Waals surface area (Å²) in [5.41, 5.74) is 1.55. The lowest BCUT2D eigenvalue weighted by Gasteiger charge is -2.06. The van der Waals surface area contributed by atoms with Gasteiger partial charge in [0.2, 0.25) is 5.88 Å². The lowest BCUT2D eigenvalue weighted by atomic mass is 10.4. The van der Waals surface area contributed by atoms with Gasteiger partial charge in [0.25, 0.3) is 5.91 Å². The van der Waals surface area contributed by atoms with Crippen LogP contribution in [0.1, 0.15) is 9.67 Å². The topological polar surface area (TPSA) is 89.9 Å². The molecule has 0 radical (unpaired) electrons. The molecule has 0 spiro atoms. The largest absolute Gasteiger partial charge is 0.436 e. The summed E-state index contributed by atoms with van der Waals surface area (Å²) in [7, 11) is 0. The van der Waals surface area contributed by atoms with Gasteiger partial charge in [-0.15, -0.1) is 11.3 Å². The van der Waals surface area contributed by atoms with Gasteiger partial charge in [-0.2, -0.15) is 4.98 Å². The van der Waals surface area contributed by atoms with E-state index in [0.717, 1.165) is 12.3 Å². The van der Waals surface area contributed by atoms with E-state index < -0.39 is 5.82 Å². The second-order valence-electron chi connectivity index (χ2n) is 4.00. The standard InChI is InChI=1S/C13H8FN5O2S/c14-8-1-9(3-15-2-8)21-12-6-16-5-11(18-12)19-13(20)10-4-17-7-22-10/h1-7H,(H,18,19,20). The van der Waals surface area contributed by atoms with Crippen LogP contribution in [0.15, 0.2) is 42.6 Å². The summed E-state index contributed by atoms with van der Waals surface area (Å²) in [6, 6.07) is 1.16. The van der Waals surface area contributed by atoms with E-state index >= 15 is 0 Å². The zero-order chi connectivity index (χ0) is 15.4. The number of carbonyl (C=O) groups excluding carboxylic acids is 1. The second-order valence-corrected chi connectivity index (χ2v) is 4.89. The number of hydrogen-bond donors (Lipinski definition) is 1. The molecule has 0 atom stereocenters. The third-order valence-corrected chi connectivity index (χ3v) is 3.18. The number of carbonyl (C=O) groups is 1. The Morgan fingerprint density at radius 1 is 1.14 bits per heavy atom. The van der Waals surface area contributed by atoms with Gasteiger partial charge >= 0.3 is 0 Å². The molecule has 0 unspecified atom stereocenters. The van der Waals surface area contributed by atoms with E-state index in [4.69, 9.17) is 4.74 Å². The number of nitrogens with one attached hydrogen (secondary N) is 1. The smallest absolute Gasteiger partial charge is 0.268 e. The molecule has 0 bridgehead atoms. The van der Waals surface area contributed by atoms with Crippen molar-refractivity contribution in [3.63, 3.8) is 0 Å². The molecule has 3 aromatic heterocycles. The number of anilines is 1. The number of hydrogen-bond acceptors (Lipinski definition) is 7. The monoisotopic (exact) mass is 317 g/mol. The Morgan fingerprint density at radius 3 is 2.77 bits per heavy atom. The summed E-state index contributed by atoms with van der Waals surface area (Å²) in [6.45, 7) is 0. The van der Waals surface area contributed by atoms with E-state index in [2.05, 4.69) is 25.3 Å². The van der Waals surface area contributed by atoms with Gasteiger partial charge in [0, 0.05) is 6.07 Å². The molecule has 0 saturated heterocycles. The number of rotatable bonds is 4. The Kier molecular flexibility index (Phi) is 3.97. The van der Waals surface area contributed by atoms with Gasteiger partial charge in [-0.3, -0.25) is 19.7 Å². The van der Waals surface area contributed by atoms with Crippen LogP contribution < -0.4 is 10.1 Å². The number of amides is 1. The first-order chi connectivity index (χ1) is 10.7. The molecule has 1 N–H and O–H groups in total. The molecule has 3 aromatic rings. The zero-order valence-electron chi connectivity index (χ0n) is 10.9. The van der Waals surface area contributed by atoms with Crippen molar-refractivity contribution in [3.8, 4) is 11.6 Å². The van der Waals surface area contributed by atoms with Gasteiger partial charge in [0.1, 0.15) is 10.7 Å². The van der Waals surface area contributed by atoms with Gasteiger partial charge in [-0.1, -0.05) is 0 Å². The SMILES string of the molecule is O=C(Nc1cncc(Oc2cncc(F)c2)n1)c1cncs1. The Balaban J connectivity index is 1.74. The fraction of sp³-hybridized carbons (Fsp3) is 0. The number of halogens is 1. The molecule has 0 aromatic carbocycles. The van der Waals surface area contributed by atoms with Crippen molar-refractivity contribution in [2.45, 2.75) is 0 Å².